The van der Waals surface area contributed by atoms with Gasteiger partial charge in [-0.15, -0.1) is 0 Å². The maximum absolute atomic E-state index is 4.45. The molecule has 0 aliphatic heterocycles. The van der Waals surface area contributed by atoms with Gasteiger partial charge in [-0.25, -0.2) is 9.97 Å². The highest BCUT2D eigenvalue weighted by Gasteiger charge is 2.30. The molecule has 2 fully saturated rings. The van der Waals surface area contributed by atoms with Crippen molar-refractivity contribution in [3.05, 3.63) is 47.8 Å². The monoisotopic (exact) mass is 378 g/mol. The van der Waals surface area contributed by atoms with Gasteiger partial charge in [0.15, 0.2) is 5.82 Å². The van der Waals surface area contributed by atoms with Crippen molar-refractivity contribution in [2.45, 2.75) is 85.0 Å². The van der Waals surface area contributed by atoms with Crippen LogP contribution in [0.3, 0.4) is 0 Å². The summed E-state index contributed by atoms with van der Waals surface area (Å²) in [6, 6.07) is 9.03. The van der Waals surface area contributed by atoms with E-state index in [1.165, 1.54) is 56.9 Å². The summed E-state index contributed by atoms with van der Waals surface area (Å²) in [5.74, 6) is 4.57. The molecule has 0 N–H and O–H groups in total. The van der Waals surface area contributed by atoms with Crippen LogP contribution in [0.4, 0.5) is 0 Å². The van der Waals surface area contributed by atoms with E-state index in [1.807, 2.05) is 33.2 Å². The van der Waals surface area contributed by atoms with Crippen LogP contribution >= 0.6 is 0 Å². The Bertz CT molecular complexity index is 688. The Morgan fingerprint density at radius 2 is 1.21 bits per heavy atom. The largest absolute Gasteiger partial charge is 0.236 e. The van der Waals surface area contributed by atoms with Crippen LogP contribution in [0.15, 0.2) is 36.7 Å². The van der Waals surface area contributed by atoms with E-state index in [1.54, 1.807) is 0 Å². The first-order valence-electron chi connectivity index (χ1n) is 11.6. The standard InChI is InChI=1S/C24H32N2.C2H6/c1-17-3-5-19(6-4-17)20-7-9-21(10-8-20)22-11-13-23(14-12-22)24-25-15-18(2)16-26-24;1-2/h11-17,19-21H,3-10H2,1-2H3;1-2H3. The highest BCUT2D eigenvalue weighted by Crippen LogP contribution is 2.43. The first-order valence-corrected chi connectivity index (χ1v) is 11.6. The number of rotatable bonds is 3. The van der Waals surface area contributed by atoms with Gasteiger partial charge in [0.2, 0.25) is 0 Å². The minimum atomic E-state index is 0.752. The predicted octanol–water partition coefficient (Wildman–Crippen LogP) is 7.58. The highest BCUT2D eigenvalue weighted by atomic mass is 14.9. The zero-order valence-electron chi connectivity index (χ0n) is 18.3. The molecular weight excluding hydrogens is 340 g/mol. The van der Waals surface area contributed by atoms with Crippen LogP contribution in [-0.4, -0.2) is 9.97 Å². The average Bonchev–Trinajstić information content (AvgIpc) is 2.77. The van der Waals surface area contributed by atoms with E-state index in [-0.39, 0.29) is 0 Å². The summed E-state index contributed by atoms with van der Waals surface area (Å²) in [4.78, 5) is 8.89. The molecule has 1 heterocycles. The van der Waals surface area contributed by atoms with E-state index in [0.717, 1.165) is 40.6 Å². The second-order valence-electron chi connectivity index (χ2n) is 8.84. The van der Waals surface area contributed by atoms with E-state index in [4.69, 9.17) is 0 Å². The summed E-state index contributed by atoms with van der Waals surface area (Å²) >= 11 is 0. The molecule has 0 radical (unpaired) electrons. The van der Waals surface area contributed by atoms with Gasteiger partial charge in [-0.3, -0.25) is 0 Å². The summed E-state index contributed by atoms with van der Waals surface area (Å²) in [5, 5.41) is 0. The lowest BCUT2D eigenvalue weighted by atomic mass is 9.68. The van der Waals surface area contributed by atoms with Gasteiger partial charge in [0.1, 0.15) is 0 Å². The molecule has 2 aliphatic rings. The van der Waals surface area contributed by atoms with E-state index in [9.17, 15) is 0 Å². The minimum Gasteiger partial charge on any atom is -0.236 e. The quantitative estimate of drug-likeness (QED) is 0.550. The second-order valence-corrected chi connectivity index (χ2v) is 8.84. The van der Waals surface area contributed by atoms with Crippen LogP contribution in [0.25, 0.3) is 11.4 Å². The Morgan fingerprint density at radius 3 is 1.75 bits per heavy atom. The number of aromatic nitrogens is 2. The normalized spacial score (nSPS) is 27.6. The maximum Gasteiger partial charge on any atom is 0.159 e. The van der Waals surface area contributed by atoms with Gasteiger partial charge in [-0.2, -0.15) is 0 Å². The number of hydrogen-bond donors (Lipinski definition) is 0. The number of nitrogens with zero attached hydrogens (tertiary/aromatic N) is 2. The minimum absolute atomic E-state index is 0.752. The van der Waals surface area contributed by atoms with Gasteiger partial charge in [0.05, 0.1) is 0 Å². The third-order valence-corrected chi connectivity index (χ3v) is 6.92. The zero-order valence-corrected chi connectivity index (χ0v) is 18.3. The fourth-order valence-electron chi connectivity index (χ4n) is 5.13. The summed E-state index contributed by atoms with van der Waals surface area (Å²) in [6.07, 6.45) is 15.3. The summed E-state index contributed by atoms with van der Waals surface area (Å²) in [5.41, 5.74) is 3.74. The Hall–Kier alpha value is -1.70. The fourth-order valence-corrected chi connectivity index (χ4v) is 5.13. The zero-order chi connectivity index (χ0) is 19.9. The molecule has 0 atom stereocenters. The predicted molar refractivity (Wildman–Crippen MR) is 119 cm³/mol. The summed E-state index contributed by atoms with van der Waals surface area (Å²) in [6.45, 7) is 8.45. The smallest absolute Gasteiger partial charge is 0.159 e. The molecule has 0 spiro atoms. The number of aryl methyl sites for hydroxylation is 1. The Morgan fingerprint density at radius 1 is 0.714 bits per heavy atom. The van der Waals surface area contributed by atoms with Gasteiger partial charge >= 0.3 is 0 Å². The lowest BCUT2D eigenvalue weighted by Crippen LogP contribution is -2.24. The summed E-state index contributed by atoms with van der Waals surface area (Å²) in [7, 11) is 0. The molecule has 1 aromatic carbocycles. The molecule has 0 amide bonds. The molecule has 0 unspecified atom stereocenters. The van der Waals surface area contributed by atoms with Gasteiger partial charge in [-0.05, 0) is 80.2 Å². The lowest BCUT2D eigenvalue weighted by molar-refractivity contribution is 0.165. The summed E-state index contributed by atoms with van der Waals surface area (Å²) < 4.78 is 0. The highest BCUT2D eigenvalue weighted by molar-refractivity contribution is 5.55. The average molecular weight is 379 g/mol. The molecule has 4 rings (SSSR count). The molecule has 2 aliphatic carbocycles. The number of hydrogen-bond acceptors (Lipinski definition) is 2. The van der Waals surface area contributed by atoms with Crippen molar-refractivity contribution in [1.82, 2.24) is 9.97 Å². The SMILES string of the molecule is CC.Cc1cnc(-c2ccc(C3CCC(C4CCC(C)CC4)CC3)cc2)nc1. The molecular formula is C26H38N2. The third-order valence-electron chi connectivity index (χ3n) is 6.92. The van der Waals surface area contributed by atoms with Gasteiger partial charge in [0, 0.05) is 18.0 Å². The molecule has 152 valence electrons. The molecule has 0 saturated heterocycles. The lowest BCUT2D eigenvalue weighted by Gasteiger charge is -2.37. The van der Waals surface area contributed by atoms with Gasteiger partial charge in [0.25, 0.3) is 0 Å². The van der Waals surface area contributed by atoms with E-state index in [2.05, 4.69) is 41.2 Å². The van der Waals surface area contributed by atoms with E-state index in [0.29, 0.717) is 0 Å². The van der Waals surface area contributed by atoms with Gasteiger partial charge < -0.3 is 0 Å². The molecule has 2 saturated carbocycles. The van der Waals surface area contributed by atoms with Crippen LogP contribution in [0, 0.1) is 24.7 Å². The molecule has 2 nitrogen and oxygen atoms in total. The van der Waals surface area contributed by atoms with Crippen molar-refractivity contribution in [2.75, 3.05) is 0 Å². The van der Waals surface area contributed by atoms with Crippen LogP contribution in [0.5, 0.6) is 0 Å². The van der Waals surface area contributed by atoms with Crippen molar-refractivity contribution >= 4 is 0 Å². The van der Waals surface area contributed by atoms with Crippen LogP contribution in [0.1, 0.15) is 89.2 Å². The van der Waals surface area contributed by atoms with Crippen molar-refractivity contribution < 1.29 is 0 Å². The topological polar surface area (TPSA) is 25.8 Å². The van der Waals surface area contributed by atoms with Crippen molar-refractivity contribution in [2.24, 2.45) is 17.8 Å². The fraction of sp³-hybridized carbons (Fsp3) is 0.615. The molecule has 1 aromatic heterocycles. The van der Waals surface area contributed by atoms with Crippen LogP contribution in [-0.2, 0) is 0 Å². The Balaban J connectivity index is 0.00000109. The van der Waals surface area contributed by atoms with E-state index < -0.39 is 0 Å². The van der Waals surface area contributed by atoms with Crippen molar-refractivity contribution in [1.29, 1.82) is 0 Å². The third kappa shape index (κ3) is 5.21. The Labute approximate surface area is 172 Å². The molecule has 2 heteroatoms. The second kappa shape index (κ2) is 10.2. The van der Waals surface area contributed by atoms with Crippen LogP contribution in [0.2, 0.25) is 0 Å². The van der Waals surface area contributed by atoms with E-state index >= 15 is 0 Å². The van der Waals surface area contributed by atoms with Crippen molar-refractivity contribution in [3.63, 3.8) is 0 Å². The molecule has 0 bridgehead atoms. The van der Waals surface area contributed by atoms with Gasteiger partial charge in [-0.1, -0.05) is 57.9 Å². The van der Waals surface area contributed by atoms with Crippen LogP contribution < -0.4 is 0 Å². The van der Waals surface area contributed by atoms with Crippen molar-refractivity contribution in [3.8, 4) is 11.4 Å². The number of benzene rings is 1. The Kier molecular flexibility index (Phi) is 7.65. The maximum atomic E-state index is 4.45. The molecule has 2 aromatic rings. The molecule has 28 heavy (non-hydrogen) atoms. The first kappa shape index (κ1) is 21.0. The first-order chi connectivity index (χ1) is 13.7.